The minimum atomic E-state index is 0. The molecule has 0 spiro atoms. The van der Waals surface area contributed by atoms with Crippen LogP contribution in [0, 0.1) is 0 Å². The van der Waals surface area contributed by atoms with E-state index in [1.165, 1.54) is 92.8 Å². The van der Waals surface area contributed by atoms with Crippen LogP contribution in [0.2, 0.25) is 0 Å². The minimum absolute atomic E-state index is 0. The Kier molecular flexibility index (Phi) is 27.9. The predicted molar refractivity (Wildman–Crippen MR) is 178 cm³/mol. The van der Waals surface area contributed by atoms with Crippen molar-refractivity contribution in [3.63, 3.8) is 0 Å². The first-order chi connectivity index (χ1) is 17.9. The zero-order valence-corrected chi connectivity index (χ0v) is 29.2. The van der Waals surface area contributed by atoms with Gasteiger partial charge in [-0.1, -0.05) is 114 Å². The van der Waals surface area contributed by atoms with Crippen molar-refractivity contribution >= 4 is 60.3 Å². The molecule has 0 saturated heterocycles. The Morgan fingerprint density at radius 2 is 0.816 bits per heavy atom. The van der Waals surface area contributed by atoms with Crippen LogP contribution in [0.1, 0.15) is 90.2 Å². The Morgan fingerprint density at radius 3 is 1.03 bits per heavy atom. The van der Waals surface area contributed by atoms with Crippen LogP contribution in [0.15, 0.2) is 71.5 Å². The van der Waals surface area contributed by atoms with E-state index in [0.717, 1.165) is 20.9 Å². The second-order valence-electron chi connectivity index (χ2n) is 9.35. The molecule has 216 valence electrons. The molecule has 0 amide bonds. The molecule has 2 rings (SSSR count). The van der Waals surface area contributed by atoms with Crippen molar-refractivity contribution in [2.45, 2.75) is 79.1 Å². The van der Waals surface area contributed by atoms with Crippen LogP contribution in [0.4, 0.5) is 0 Å². The molecule has 0 heterocycles. The fraction of sp³-hybridized carbons (Fsp3) is 0.500. The maximum absolute atomic E-state index is 4.96. The third-order valence-corrected chi connectivity index (χ3v) is 7.75. The van der Waals surface area contributed by atoms with Crippen LogP contribution in [-0.4, -0.2) is 30.7 Å². The van der Waals surface area contributed by atoms with Gasteiger partial charge in [-0.2, -0.15) is 9.81 Å². The largest absolute Gasteiger partial charge is 3.00 e. The second kappa shape index (κ2) is 26.7. The Bertz CT molecular complexity index is 750. The first-order valence-corrected chi connectivity index (χ1v) is 15.6. The first kappa shape index (κ1) is 39.6. The molecule has 0 saturated carbocycles. The predicted octanol–water partition coefficient (Wildman–Crippen LogP) is 9.16. The topological polar surface area (TPSA) is 0 Å². The van der Waals surface area contributed by atoms with E-state index in [-0.39, 0.29) is 22.4 Å². The van der Waals surface area contributed by atoms with Gasteiger partial charge in [0.05, 0.1) is 26.2 Å². The van der Waals surface area contributed by atoms with E-state index in [1.807, 2.05) is 60.7 Å². The molecule has 0 aliphatic heterocycles. The average molecular weight is 772 g/mol. The number of nitrogens with zero attached hydrogens (tertiary/aromatic N) is 1. The van der Waals surface area contributed by atoms with E-state index in [2.05, 4.69) is 27.7 Å². The molecule has 0 N–H and O–H groups in total. The summed E-state index contributed by atoms with van der Waals surface area (Å²) < 4.78 is 1.42. The maximum Gasteiger partial charge on any atom is 3.00 e. The molecule has 2 aromatic carbocycles. The zero-order valence-electron chi connectivity index (χ0n) is 23.8. The standard InChI is InChI=1S/C16H36N.2C8H8S2.Au/c1-5-9-13-17(14-10-6-2,15-11-7-3)16-12-8-4;2*9-6-8(10)7-4-2-1-3-5-7;/h5-16H2,1-4H3;2*1-6,9-10H;/q+1;;;+3/p-4/b;2*8-6-;. The van der Waals surface area contributed by atoms with Gasteiger partial charge in [-0.05, 0) is 36.8 Å². The monoisotopic (exact) mass is 771 g/mol. The van der Waals surface area contributed by atoms with E-state index >= 15 is 0 Å². The van der Waals surface area contributed by atoms with Crippen LogP contribution in [-0.2, 0) is 72.9 Å². The van der Waals surface area contributed by atoms with Gasteiger partial charge in [-0.25, -0.2) is 10.8 Å². The van der Waals surface area contributed by atoms with Gasteiger partial charge < -0.3 is 55.0 Å². The molecule has 0 aliphatic carbocycles. The molecular formula is C32H48AuNS4. The Morgan fingerprint density at radius 1 is 0.553 bits per heavy atom. The van der Waals surface area contributed by atoms with Gasteiger partial charge in [0.25, 0.3) is 0 Å². The summed E-state index contributed by atoms with van der Waals surface area (Å²) in [6, 6.07) is 19.5. The van der Waals surface area contributed by atoms with Crippen molar-refractivity contribution in [2.75, 3.05) is 26.2 Å². The van der Waals surface area contributed by atoms with Crippen LogP contribution in [0.5, 0.6) is 0 Å². The number of unbranched alkanes of at least 4 members (excludes halogenated alkanes) is 4. The van der Waals surface area contributed by atoms with Crippen molar-refractivity contribution < 1.29 is 26.9 Å². The molecule has 38 heavy (non-hydrogen) atoms. The molecule has 0 fully saturated rings. The molecular weight excluding hydrogens is 724 g/mol. The Labute approximate surface area is 273 Å². The summed E-state index contributed by atoms with van der Waals surface area (Å²) in [4.78, 5) is 1.46. The Balaban J connectivity index is 0. The summed E-state index contributed by atoms with van der Waals surface area (Å²) in [5.74, 6) is 0. The van der Waals surface area contributed by atoms with Gasteiger partial charge in [0, 0.05) is 0 Å². The smallest absolute Gasteiger partial charge is 0.789 e. The summed E-state index contributed by atoms with van der Waals surface area (Å²) in [5.41, 5.74) is 2.04. The van der Waals surface area contributed by atoms with E-state index in [0.29, 0.717) is 0 Å². The average Bonchev–Trinajstić information content (AvgIpc) is 2.97. The fourth-order valence-electron chi connectivity index (χ4n) is 3.99. The number of rotatable bonds is 14. The Hall–Kier alpha value is -0.500. The second-order valence-corrected chi connectivity index (χ2v) is 10.7. The zero-order chi connectivity index (χ0) is 27.8. The van der Waals surface area contributed by atoms with E-state index in [9.17, 15) is 0 Å². The van der Waals surface area contributed by atoms with Crippen molar-refractivity contribution in [2.24, 2.45) is 0 Å². The number of hydrogen-bond acceptors (Lipinski definition) is 4. The summed E-state index contributed by atoms with van der Waals surface area (Å²) in [7, 11) is 0. The molecule has 0 radical (unpaired) electrons. The number of quaternary nitrogens is 1. The molecule has 2 aromatic rings. The van der Waals surface area contributed by atoms with Crippen LogP contribution >= 0.6 is 0 Å². The maximum atomic E-state index is 4.96. The molecule has 0 unspecified atom stereocenters. The van der Waals surface area contributed by atoms with Crippen molar-refractivity contribution in [3.8, 4) is 0 Å². The summed E-state index contributed by atoms with van der Waals surface area (Å²) >= 11 is 19.3. The summed E-state index contributed by atoms with van der Waals surface area (Å²) in [6.45, 7) is 15.0. The van der Waals surface area contributed by atoms with Crippen LogP contribution in [0.25, 0.3) is 9.81 Å². The third-order valence-electron chi connectivity index (χ3n) is 6.27. The first-order valence-electron chi connectivity index (χ1n) is 13.9. The van der Waals surface area contributed by atoms with Gasteiger partial charge in [0.1, 0.15) is 0 Å². The van der Waals surface area contributed by atoms with E-state index in [4.69, 9.17) is 50.5 Å². The molecule has 0 aliphatic rings. The molecule has 0 aromatic heterocycles. The normalized spacial score (nSPS) is 11.4. The number of hydrogen-bond donors (Lipinski definition) is 0. The number of benzene rings is 2. The van der Waals surface area contributed by atoms with Crippen molar-refractivity contribution in [1.82, 2.24) is 0 Å². The van der Waals surface area contributed by atoms with E-state index in [1.54, 1.807) is 0 Å². The summed E-state index contributed by atoms with van der Waals surface area (Å²) in [6.07, 6.45) is 11.1. The SMILES string of the molecule is CCCC[N+](CCCC)(CCCC)CCCC.[Au+3].[S-]/C=C(\[S-])c1ccccc1.[S-]/C=C(\[S-])c1ccccc1. The van der Waals surface area contributed by atoms with Gasteiger partial charge in [0.15, 0.2) is 0 Å². The minimum Gasteiger partial charge on any atom is -0.789 e. The van der Waals surface area contributed by atoms with Gasteiger partial charge in [-0.15, -0.1) is 0 Å². The summed E-state index contributed by atoms with van der Waals surface area (Å²) in [5, 5.41) is 3.04. The molecule has 0 bridgehead atoms. The van der Waals surface area contributed by atoms with E-state index < -0.39 is 0 Å². The van der Waals surface area contributed by atoms with Crippen LogP contribution in [0.3, 0.4) is 0 Å². The van der Waals surface area contributed by atoms with Crippen molar-refractivity contribution in [1.29, 1.82) is 0 Å². The van der Waals surface area contributed by atoms with Gasteiger partial charge >= 0.3 is 22.4 Å². The molecule has 1 nitrogen and oxygen atoms in total. The molecule has 0 atom stereocenters. The molecule has 6 heteroatoms. The quantitative estimate of drug-likeness (QED) is 0.107. The fourth-order valence-corrected chi connectivity index (χ4v) is 4.53. The van der Waals surface area contributed by atoms with Gasteiger partial charge in [0.2, 0.25) is 0 Å². The van der Waals surface area contributed by atoms with Crippen molar-refractivity contribution in [3.05, 3.63) is 82.6 Å². The van der Waals surface area contributed by atoms with Crippen LogP contribution < -0.4 is 0 Å². The van der Waals surface area contributed by atoms with Gasteiger partial charge in [-0.3, -0.25) is 0 Å². The third kappa shape index (κ3) is 18.7.